The molecule has 1 heterocycles. The van der Waals surface area contributed by atoms with Crippen molar-refractivity contribution in [1.29, 1.82) is 0 Å². The van der Waals surface area contributed by atoms with Crippen molar-refractivity contribution in [1.82, 2.24) is 4.98 Å². The molecule has 2 N–H and O–H groups in total. The van der Waals surface area contributed by atoms with E-state index in [4.69, 9.17) is 5.73 Å². The first kappa shape index (κ1) is 14.5. The molecule has 1 aromatic carbocycles. The van der Waals surface area contributed by atoms with Crippen LogP contribution in [-0.4, -0.2) is 4.98 Å². The van der Waals surface area contributed by atoms with E-state index in [1.807, 2.05) is 0 Å². The molecule has 0 fully saturated rings. The summed E-state index contributed by atoms with van der Waals surface area (Å²) in [5.41, 5.74) is 5.89. The highest BCUT2D eigenvalue weighted by Crippen LogP contribution is 2.37. The second-order valence-corrected chi connectivity index (χ2v) is 6.18. The topological polar surface area (TPSA) is 38.9 Å². The fourth-order valence-corrected chi connectivity index (χ4v) is 2.71. The Morgan fingerprint density at radius 2 is 1.79 bits per heavy atom. The molecule has 0 saturated carbocycles. The van der Waals surface area contributed by atoms with Crippen LogP contribution in [0.3, 0.4) is 0 Å². The number of thiazole rings is 1. The van der Waals surface area contributed by atoms with Gasteiger partial charge in [0, 0.05) is 15.5 Å². The summed E-state index contributed by atoms with van der Waals surface area (Å²) in [6.07, 6.45) is -3.24. The first-order chi connectivity index (χ1) is 8.71. The van der Waals surface area contributed by atoms with Crippen molar-refractivity contribution >= 4 is 27.3 Å². The monoisotopic (exact) mass is 350 g/mol. The van der Waals surface area contributed by atoms with Gasteiger partial charge in [-0.15, -0.1) is 11.3 Å². The van der Waals surface area contributed by atoms with E-state index in [0.717, 1.165) is 10.0 Å². The van der Waals surface area contributed by atoms with Gasteiger partial charge in [0.25, 0.3) is 0 Å². The number of nitrogens with zero attached hydrogens (tertiary/aromatic N) is 1. The minimum atomic E-state index is -4.43. The smallest absolute Gasteiger partial charge is 0.317 e. The summed E-state index contributed by atoms with van der Waals surface area (Å²) in [4.78, 5) is 3.78. The van der Waals surface area contributed by atoms with Crippen LogP contribution >= 0.6 is 27.3 Å². The van der Waals surface area contributed by atoms with Crippen molar-refractivity contribution in [2.24, 2.45) is 5.73 Å². The summed E-state index contributed by atoms with van der Waals surface area (Å²) >= 11 is 3.87. The third-order valence-corrected chi connectivity index (χ3v) is 4.51. The normalized spacial score (nSPS) is 15.3. The highest BCUT2D eigenvalue weighted by atomic mass is 79.9. The molecule has 2 nitrogen and oxygen atoms in total. The zero-order valence-corrected chi connectivity index (χ0v) is 12.2. The highest BCUT2D eigenvalue weighted by Gasteiger charge is 2.37. The zero-order valence-electron chi connectivity index (χ0n) is 9.83. The third-order valence-electron chi connectivity index (χ3n) is 2.70. The van der Waals surface area contributed by atoms with E-state index >= 15 is 0 Å². The predicted octanol–water partition coefficient (Wildman–Crippen LogP) is 4.15. The molecule has 0 radical (unpaired) electrons. The molecule has 1 unspecified atom stereocenters. The molecule has 0 aliphatic carbocycles. The molecule has 1 atom stereocenters. The maximum Gasteiger partial charge on any atom is 0.443 e. The molecule has 0 bridgehead atoms. The largest absolute Gasteiger partial charge is 0.443 e. The Morgan fingerprint density at radius 3 is 2.26 bits per heavy atom. The summed E-state index contributed by atoms with van der Waals surface area (Å²) in [5, 5.41) is -0.878. The molecular formula is C12H10BrF3N2S. The lowest BCUT2D eigenvalue weighted by Gasteiger charge is -2.23. The number of hydrogen-bond acceptors (Lipinski definition) is 3. The maximum absolute atomic E-state index is 12.5. The Morgan fingerprint density at radius 1 is 1.21 bits per heavy atom. The standard InChI is InChI=1S/C12H10BrF3N2S/c1-11(17,7-2-4-8(13)5-3-7)9-6-18-10(19-9)12(14,15)16/h2-6H,17H2,1H3. The van der Waals surface area contributed by atoms with Crippen LogP contribution in [0.25, 0.3) is 0 Å². The van der Waals surface area contributed by atoms with Gasteiger partial charge in [-0.2, -0.15) is 13.2 Å². The Bertz CT molecular complexity index is 575. The van der Waals surface area contributed by atoms with Gasteiger partial charge in [0.2, 0.25) is 0 Å². The molecule has 2 rings (SSSR count). The Hall–Kier alpha value is -0.920. The minimum Gasteiger partial charge on any atom is -0.317 e. The molecule has 19 heavy (non-hydrogen) atoms. The quantitative estimate of drug-likeness (QED) is 0.883. The predicted molar refractivity (Wildman–Crippen MR) is 71.9 cm³/mol. The molecule has 2 aromatic rings. The Labute approximate surface area is 120 Å². The van der Waals surface area contributed by atoms with Crippen molar-refractivity contribution < 1.29 is 13.2 Å². The first-order valence-electron chi connectivity index (χ1n) is 5.29. The number of nitrogens with two attached hydrogens (primary N) is 1. The van der Waals surface area contributed by atoms with E-state index in [1.54, 1.807) is 31.2 Å². The van der Waals surface area contributed by atoms with E-state index < -0.39 is 16.7 Å². The van der Waals surface area contributed by atoms with Gasteiger partial charge < -0.3 is 5.73 Å². The average Bonchev–Trinajstić information content (AvgIpc) is 2.79. The van der Waals surface area contributed by atoms with Gasteiger partial charge in [0.1, 0.15) is 0 Å². The summed E-state index contributed by atoms with van der Waals surface area (Å²) in [7, 11) is 0. The van der Waals surface area contributed by atoms with Gasteiger partial charge in [-0.05, 0) is 24.6 Å². The molecule has 0 amide bonds. The fraction of sp³-hybridized carbons (Fsp3) is 0.250. The third kappa shape index (κ3) is 2.98. The first-order valence-corrected chi connectivity index (χ1v) is 6.90. The Balaban J connectivity index is 2.39. The lowest BCUT2D eigenvalue weighted by Crippen LogP contribution is -2.33. The lowest BCUT2D eigenvalue weighted by atomic mass is 9.92. The number of aromatic nitrogens is 1. The number of rotatable bonds is 2. The molecule has 102 valence electrons. The Kier molecular flexibility index (Phi) is 3.72. The number of hydrogen-bond donors (Lipinski definition) is 1. The van der Waals surface area contributed by atoms with Crippen LogP contribution in [0.15, 0.2) is 34.9 Å². The van der Waals surface area contributed by atoms with Crippen LogP contribution in [0.5, 0.6) is 0 Å². The van der Waals surface area contributed by atoms with Gasteiger partial charge in [0.15, 0.2) is 5.01 Å². The van der Waals surface area contributed by atoms with Gasteiger partial charge in [-0.3, -0.25) is 0 Å². The molecule has 7 heteroatoms. The van der Waals surface area contributed by atoms with E-state index in [0.29, 0.717) is 16.2 Å². The minimum absolute atomic E-state index is 0.377. The van der Waals surface area contributed by atoms with Crippen LogP contribution < -0.4 is 5.73 Å². The van der Waals surface area contributed by atoms with Gasteiger partial charge >= 0.3 is 6.18 Å². The van der Waals surface area contributed by atoms with E-state index in [-0.39, 0.29) is 0 Å². The van der Waals surface area contributed by atoms with Gasteiger partial charge in [-0.25, -0.2) is 4.98 Å². The molecular weight excluding hydrogens is 341 g/mol. The van der Waals surface area contributed by atoms with Crippen LogP contribution in [0, 0.1) is 0 Å². The fourth-order valence-electron chi connectivity index (χ4n) is 1.58. The number of benzene rings is 1. The molecule has 0 saturated heterocycles. The van der Waals surface area contributed by atoms with Gasteiger partial charge in [-0.1, -0.05) is 28.1 Å². The van der Waals surface area contributed by atoms with E-state index in [1.165, 1.54) is 6.20 Å². The van der Waals surface area contributed by atoms with Crippen LogP contribution in [0.2, 0.25) is 0 Å². The number of halogens is 4. The van der Waals surface area contributed by atoms with E-state index in [9.17, 15) is 13.2 Å². The van der Waals surface area contributed by atoms with Gasteiger partial charge in [0.05, 0.1) is 5.54 Å². The van der Waals surface area contributed by atoms with Crippen molar-refractivity contribution in [3.05, 3.63) is 50.4 Å². The average molecular weight is 351 g/mol. The summed E-state index contributed by atoms with van der Waals surface area (Å²) < 4.78 is 38.5. The summed E-state index contributed by atoms with van der Waals surface area (Å²) in [6, 6.07) is 7.15. The van der Waals surface area contributed by atoms with Crippen molar-refractivity contribution in [3.63, 3.8) is 0 Å². The zero-order chi connectivity index (χ0) is 14.3. The molecule has 0 spiro atoms. The number of alkyl halides is 3. The maximum atomic E-state index is 12.5. The second kappa shape index (κ2) is 4.88. The van der Waals surface area contributed by atoms with Crippen LogP contribution in [-0.2, 0) is 11.7 Å². The van der Waals surface area contributed by atoms with Crippen molar-refractivity contribution in [2.45, 2.75) is 18.6 Å². The second-order valence-electron chi connectivity index (χ2n) is 4.24. The molecule has 0 aliphatic heterocycles. The van der Waals surface area contributed by atoms with E-state index in [2.05, 4.69) is 20.9 Å². The lowest BCUT2D eigenvalue weighted by molar-refractivity contribution is -0.137. The highest BCUT2D eigenvalue weighted by molar-refractivity contribution is 9.10. The molecule has 0 aliphatic rings. The van der Waals surface area contributed by atoms with Crippen LogP contribution in [0.4, 0.5) is 13.2 Å². The van der Waals surface area contributed by atoms with Crippen molar-refractivity contribution in [3.8, 4) is 0 Å². The summed E-state index contributed by atoms with van der Waals surface area (Å²) in [5.74, 6) is 0. The van der Waals surface area contributed by atoms with Crippen molar-refractivity contribution in [2.75, 3.05) is 0 Å². The molecule has 1 aromatic heterocycles. The van der Waals surface area contributed by atoms with Crippen LogP contribution in [0.1, 0.15) is 22.4 Å². The SMILES string of the molecule is CC(N)(c1ccc(Br)cc1)c1cnc(C(F)(F)F)s1. The summed E-state index contributed by atoms with van der Waals surface area (Å²) in [6.45, 7) is 1.67.